The number of hydrogen-bond donors (Lipinski definition) is 2. The molecule has 32 heavy (non-hydrogen) atoms. The Morgan fingerprint density at radius 3 is 2.69 bits per heavy atom. The fourth-order valence-electron chi connectivity index (χ4n) is 4.05. The smallest absolute Gasteiger partial charge is 0.141 e. The highest BCUT2D eigenvalue weighted by atomic mass is 19.1. The van der Waals surface area contributed by atoms with Crippen LogP contribution in [0.25, 0.3) is 0 Å². The Hall–Kier alpha value is -2.97. The highest BCUT2D eigenvalue weighted by Gasteiger charge is 2.36. The summed E-state index contributed by atoms with van der Waals surface area (Å²) in [7, 11) is 0. The van der Waals surface area contributed by atoms with Crippen LogP contribution >= 0.6 is 0 Å². The molecule has 1 aromatic carbocycles. The Balaban J connectivity index is 1.20. The van der Waals surface area contributed by atoms with Gasteiger partial charge in [0.2, 0.25) is 0 Å². The van der Waals surface area contributed by atoms with Crippen molar-refractivity contribution in [3.8, 4) is 5.75 Å². The maximum absolute atomic E-state index is 13.1. The minimum Gasteiger partial charge on any atom is -0.492 e. The molecule has 3 aromatic rings. The average Bonchev–Trinajstić information content (AvgIpc) is 3.31. The molecule has 0 radical (unpaired) electrons. The van der Waals surface area contributed by atoms with Crippen molar-refractivity contribution in [2.24, 2.45) is 0 Å². The van der Waals surface area contributed by atoms with E-state index in [-0.39, 0.29) is 5.82 Å². The molecule has 0 amide bonds. The van der Waals surface area contributed by atoms with Crippen LogP contribution in [-0.4, -0.2) is 51.7 Å². The number of rotatable bonds is 9. The highest BCUT2D eigenvalue weighted by molar-refractivity contribution is 5.40. The Bertz CT molecular complexity index is 1020. The third kappa shape index (κ3) is 5.63. The van der Waals surface area contributed by atoms with Gasteiger partial charge in [0.25, 0.3) is 0 Å². The van der Waals surface area contributed by atoms with Crippen LogP contribution in [0, 0.1) is 19.7 Å². The number of aliphatic hydroxyl groups is 1. The summed E-state index contributed by atoms with van der Waals surface area (Å²) >= 11 is 0. The summed E-state index contributed by atoms with van der Waals surface area (Å²) in [5.74, 6) is 1.16. The van der Waals surface area contributed by atoms with Gasteiger partial charge in [-0.3, -0.25) is 4.68 Å². The van der Waals surface area contributed by atoms with Gasteiger partial charge in [0.1, 0.15) is 24.0 Å². The van der Waals surface area contributed by atoms with Crippen LogP contribution in [0.15, 0.2) is 48.7 Å². The molecule has 2 N–H and O–H groups in total. The number of hydrogen-bond acceptors (Lipinski definition) is 6. The van der Waals surface area contributed by atoms with E-state index in [1.807, 2.05) is 47.7 Å². The number of nitrogens with one attached hydrogen (secondary N) is 1. The summed E-state index contributed by atoms with van der Waals surface area (Å²) in [4.78, 5) is 6.09. The summed E-state index contributed by atoms with van der Waals surface area (Å²) in [6.45, 7) is 7.61. The molecule has 2 aromatic heterocycles. The molecule has 170 valence electrons. The van der Waals surface area contributed by atoms with E-state index in [2.05, 4.69) is 21.5 Å². The van der Waals surface area contributed by atoms with E-state index >= 15 is 0 Å². The molecule has 3 heterocycles. The van der Waals surface area contributed by atoms with Gasteiger partial charge in [-0.2, -0.15) is 5.10 Å². The van der Waals surface area contributed by atoms with Crippen molar-refractivity contribution >= 4 is 5.82 Å². The maximum Gasteiger partial charge on any atom is 0.141 e. The number of β-amino-alcohol motifs (C(OH)–C–C–N with tert-alkyl or cyclic N) is 1. The summed E-state index contributed by atoms with van der Waals surface area (Å²) in [6.07, 6.45) is 1.85. The second kappa shape index (κ2) is 9.67. The van der Waals surface area contributed by atoms with Gasteiger partial charge in [0, 0.05) is 31.9 Å². The van der Waals surface area contributed by atoms with Crippen molar-refractivity contribution in [1.82, 2.24) is 20.1 Å². The molecule has 0 aliphatic carbocycles. The standard InChI is InChI=1S/C24H30FN5O2/c1-18-13-19(2)30(28-18)11-12-32-22-6-3-20(4-7-22)14-26-16-24(31)9-10-29(17-24)23-8-5-21(25)15-27-23/h3-8,13,15,26,31H,9-12,14,16-17H2,1-2H3. The molecular formula is C24H30FN5O2. The molecule has 0 bridgehead atoms. The van der Waals surface area contributed by atoms with Crippen LogP contribution in [0.1, 0.15) is 23.4 Å². The number of aromatic nitrogens is 3. The van der Waals surface area contributed by atoms with Crippen LogP contribution in [0.3, 0.4) is 0 Å². The molecule has 4 rings (SSSR count). The lowest BCUT2D eigenvalue weighted by Crippen LogP contribution is -2.43. The number of anilines is 1. The Kier molecular flexibility index (Phi) is 6.72. The van der Waals surface area contributed by atoms with Gasteiger partial charge in [-0.15, -0.1) is 0 Å². The topological polar surface area (TPSA) is 75.4 Å². The first-order valence-electron chi connectivity index (χ1n) is 10.9. The van der Waals surface area contributed by atoms with Gasteiger partial charge in [-0.1, -0.05) is 12.1 Å². The van der Waals surface area contributed by atoms with E-state index in [9.17, 15) is 9.50 Å². The maximum atomic E-state index is 13.1. The van der Waals surface area contributed by atoms with Crippen molar-refractivity contribution < 1.29 is 14.2 Å². The van der Waals surface area contributed by atoms with E-state index in [1.165, 1.54) is 12.3 Å². The summed E-state index contributed by atoms with van der Waals surface area (Å²) in [5.41, 5.74) is 2.44. The lowest BCUT2D eigenvalue weighted by molar-refractivity contribution is 0.0626. The molecular weight excluding hydrogens is 409 g/mol. The quantitative estimate of drug-likeness (QED) is 0.534. The van der Waals surface area contributed by atoms with Crippen LogP contribution in [-0.2, 0) is 13.1 Å². The Morgan fingerprint density at radius 2 is 2.00 bits per heavy atom. The normalized spacial score (nSPS) is 18.3. The second-order valence-corrected chi connectivity index (χ2v) is 8.48. The fraction of sp³-hybridized carbons (Fsp3) is 0.417. The first-order chi connectivity index (χ1) is 15.4. The van der Waals surface area contributed by atoms with E-state index in [4.69, 9.17) is 4.74 Å². The minimum atomic E-state index is -0.831. The first-order valence-corrected chi connectivity index (χ1v) is 10.9. The molecule has 7 nitrogen and oxygen atoms in total. The zero-order chi connectivity index (χ0) is 22.6. The third-order valence-corrected chi connectivity index (χ3v) is 5.75. The van der Waals surface area contributed by atoms with E-state index in [0.717, 1.165) is 22.7 Å². The van der Waals surface area contributed by atoms with Crippen molar-refractivity contribution in [2.45, 2.75) is 39.0 Å². The van der Waals surface area contributed by atoms with Gasteiger partial charge < -0.3 is 20.1 Å². The largest absolute Gasteiger partial charge is 0.492 e. The summed E-state index contributed by atoms with van der Waals surface area (Å²) in [6, 6.07) is 13.1. The molecule has 1 aliphatic rings. The first kappa shape index (κ1) is 22.2. The SMILES string of the molecule is Cc1cc(C)n(CCOc2ccc(CNCC3(O)CCN(c4ccc(F)cn4)C3)cc2)n1. The highest BCUT2D eigenvalue weighted by Crippen LogP contribution is 2.25. The van der Waals surface area contributed by atoms with E-state index < -0.39 is 5.60 Å². The number of benzene rings is 1. The molecule has 0 saturated carbocycles. The van der Waals surface area contributed by atoms with Crippen molar-refractivity contribution in [1.29, 1.82) is 0 Å². The zero-order valence-corrected chi connectivity index (χ0v) is 18.6. The number of nitrogens with zero attached hydrogens (tertiary/aromatic N) is 4. The molecule has 1 fully saturated rings. The molecule has 1 saturated heterocycles. The van der Waals surface area contributed by atoms with Gasteiger partial charge in [-0.25, -0.2) is 9.37 Å². The van der Waals surface area contributed by atoms with Crippen LogP contribution in [0.5, 0.6) is 5.75 Å². The molecule has 1 aliphatic heterocycles. The molecule has 1 atom stereocenters. The summed E-state index contributed by atoms with van der Waals surface area (Å²) < 4.78 is 20.9. The van der Waals surface area contributed by atoms with Crippen molar-refractivity contribution in [3.63, 3.8) is 0 Å². The van der Waals surface area contributed by atoms with Crippen LogP contribution < -0.4 is 15.0 Å². The summed E-state index contributed by atoms with van der Waals surface area (Å²) in [5, 5.41) is 18.7. The Morgan fingerprint density at radius 1 is 1.19 bits per heavy atom. The van der Waals surface area contributed by atoms with E-state index in [1.54, 1.807) is 6.07 Å². The van der Waals surface area contributed by atoms with E-state index in [0.29, 0.717) is 51.6 Å². The predicted molar refractivity (Wildman–Crippen MR) is 121 cm³/mol. The minimum absolute atomic E-state index is 0.357. The van der Waals surface area contributed by atoms with Gasteiger partial charge >= 0.3 is 0 Å². The predicted octanol–water partition coefficient (Wildman–Crippen LogP) is 2.84. The molecule has 1 unspecified atom stereocenters. The zero-order valence-electron chi connectivity index (χ0n) is 18.6. The van der Waals surface area contributed by atoms with Crippen LogP contribution in [0.4, 0.5) is 10.2 Å². The monoisotopic (exact) mass is 439 g/mol. The number of aryl methyl sites for hydroxylation is 2. The van der Waals surface area contributed by atoms with Gasteiger partial charge in [0.05, 0.1) is 24.0 Å². The lowest BCUT2D eigenvalue weighted by Gasteiger charge is -2.24. The number of pyridine rings is 1. The van der Waals surface area contributed by atoms with Crippen LogP contribution in [0.2, 0.25) is 0 Å². The fourth-order valence-corrected chi connectivity index (χ4v) is 4.05. The lowest BCUT2D eigenvalue weighted by atomic mass is 10.0. The average molecular weight is 440 g/mol. The molecule has 0 spiro atoms. The Labute approximate surface area is 187 Å². The molecule has 8 heteroatoms. The van der Waals surface area contributed by atoms with Crippen molar-refractivity contribution in [2.75, 3.05) is 31.1 Å². The van der Waals surface area contributed by atoms with Gasteiger partial charge in [-0.05, 0) is 56.2 Å². The van der Waals surface area contributed by atoms with Crippen molar-refractivity contribution in [3.05, 3.63) is 71.4 Å². The number of halogens is 1. The van der Waals surface area contributed by atoms with Gasteiger partial charge in [0.15, 0.2) is 0 Å². The second-order valence-electron chi connectivity index (χ2n) is 8.48. The third-order valence-electron chi connectivity index (χ3n) is 5.75. The number of ether oxygens (including phenoxy) is 1.